The van der Waals surface area contributed by atoms with Gasteiger partial charge in [0.1, 0.15) is 6.10 Å². The molecule has 1 saturated heterocycles. The molecule has 18 heavy (non-hydrogen) atoms. The van der Waals surface area contributed by atoms with Crippen LogP contribution in [0.5, 0.6) is 0 Å². The van der Waals surface area contributed by atoms with Crippen LogP contribution in [0.1, 0.15) is 6.92 Å². The van der Waals surface area contributed by atoms with Gasteiger partial charge in [0.05, 0.1) is 22.5 Å². The second-order valence-electron chi connectivity index (χ2n) is 3.87. The molecule has 0 aliphatic carbocycles. The molecule has 1 aromatic carbocycles. The van der Waals surface area contributed by atoms with Crippen LogP contribution >= 0.6 is 0 Å². The molecule has 0 amide bonds. The lowest BCUT2D eigenvalue weighted by Crippen LogP contribution is -2.11. The highest BCUT2D eigenvalue weighted by Gasteiger charge is 2.36. The van der Waals surface area contributed by atoms with Crippen LogP contribution < -0.4 is 0 Å². The van der Waals surface area contributed by atoms with Gasteiger partial charge >= 0.3 is 0 Å². The molecule has 7 nitrogen and oxygen atoms in total. The van der Waals surface area contributed by atoms with Gasteiger partial charge in [0.25, 0.3) is 15.8 Å². The van der Waals surface area contributed by atoms with E-state index < -0.39 is 15.0 Å². The molecule has 1 aliphatic rings. The molecule has 0 bridgehead atoms. The lowest BCUT2D eigenvalue weighted by Gasteiger charge is -2.03. The Kier molecular flexibility index (Phi) is 3.33. The Morgan fingerprint density at radius 3 is 2.39 bits per heavy atom. The predicted octanol–water partition coefficient (Wildman–Crippen LogP) is 1.09. The highest BCUT2D eigenvalue weighted by molar-refractivity contribution is 7.86. The Bertz CT molecular complexity index is 552. The molecule has 0 saturated carbocycles. The summed E-state index contributed by atoms with van der Waals surface area (Å²) in [5.41, 5.74) is -0.173. The van der Waals surface area contributed by atoms with E-state index in [4.69, 9.17) is 8.92 Å². The molecule has 0 N–H and O–H groups in total. The largest absolute Gasteiger partial charge is 0.367 e. The van der Waals surface area contributed by atoms with Crippen molar-refractivity contribution in [3.05, 3.63) is 34.4 Å². The van der Waals surface area contributed by atoms with Crippen molar-refractivity contribution in [3.63, 3.8) is 0 Å². The van der Waals surface area contributed by atoms with Crippen LogP contribution in [-0.2, 0) is 19.0 Å². The predicted molar refractivity (Wildman–Crippen MR) is 60.6 cm³/mol. The summed E-state index contributed by atoms with van der Waals surface area (Å²) in [5.74, 6) is 0. The number of benzene rings is 1. The zero-order valence-electron chi connectivity index (χ0n) is 9.48. The summed E-state index contributed by atoms with van der Waals surface area (Å²) in [6.45, 7) is 1.77. The van der Waals surface area contributed by atoms with Gasteiger partial charge in [0.15, 0.2) is 0 Å². The maximum Gasteiger partial charge on any atom is 0.297 e. The first kappa shape index (κ1) is 12.9. The summed E-state index contributed by atoms with van der Waals surface area (Å²) >= 11 is 0. The van der Waals surface area contributed by atoms with Crippen LogP contribution in [0.4, 0.5) is 5.69 Å². The first-order valence-electron chi connectivity index (χ1n) is 5.19. The molecular weight excluding hydrogens is 262 g/mol. The zero-order valence-corrected chi connectivity index (χ0v) is 10.3. The van der Waals surface area contributed by atoms with Crippen LogP contribution in [0.15, 0.2) is 29.2 Å². The summed E-state index contributed by atoms with van der Waals surface area (Å²) in [6, 6.07) is 4.52. The van der Waals surface area contributed by atoms with Gasteiger partial charge in [-0.2, -0.15) is 8.42 Å². The molecule has 0 aromatic heterocycles. The van der Waals surface area contributed by atoms with E-state index in [9.17, 15) is 18.5 Å². The van der Waals surface area contributed by atoms with Crippen molar-refractivity contribution in [1.82, 2.24) is 0 Å². The first-order valence-corrected chi connectivity index (χ1v) is 6.60. The van der Waals surface area contributed by atoms with E-state index in [0.717, 1.165) is 24.3 Å². The van der Waals surface area contributed by atoms with Crippen LogP contribution in [0, 0.1) is 10.1 Å². The van der Waals surface area contributed by atoms with Crippen LogP contribution in [-0.4, -0.2) is 32.2 Å². The Balaban J connectivity index is 2.06. The van der Waals surface area contributed by atoms with Gasteiger partial charge < -0.3 is 4.74 Å². The number of hydrogen-bond donors (Lipinski definition) is 0. The second kappa shape index (κ2) is 4.63. The number of hydrogen-bond acceptors (Lipinski definition) is 6. The molecule has 1 fully saturated rings. The van der Waals surface area contributed by atoms with E-state index in [2.05, 4.69) is 0 Å². The summed E-state index contributed by atoms with van der Waals surface area (Å²) in [4.78, 5) is 9.72. The Hall–Kier alpha value is -1.51. The van der Waals surface area contributed by atoms with Crippen LogP contribution in [0.25, 0.3) is 0 Å². The zero-order chi connectivity index (χ0) is 13.3. The average Bonchev–Trinajstić information content (AvgIpc) is 3.03. The summed E-state index contributed by atoms with van der Waals surface area (Å²) < 4.78 is 33.2. The molecule has 1 heterocycles. The average molecular weight is 273 g/mol. The maximum absolute atomic E-state index is 11.7. The number of ether oxygens (including phenoxy) is 1. The molecule has 1 aliphatic heterocycles. The SMILES string of the molecule is C[C@H]1O[C@@H]1COS(=O)(=O)c1ccc([N+](=O)[O-])cc1. The Morgan fingerprint density at radius 1 is 1.39 bits per heavy atom. The molecule has 2 rings (SSSR count). The van der Waals surface area contributed by atoms with Gasteiger partial charge in [-0.3, -0.25) is 14.3 Å². The third kappa shape index (κ3) is 2.84. The fourth-order valence-corrected chi connectivity index (χ4v) is 2.28. The number of rotatable bonds is 5. The van der Waals surface area contributed by atoms with Gasteiger partial charge in [-0.1, -0.05) is 0 Å². The van der Waals surface area contributed by atoms with Crippen molar-refractivity contribution in [2.24, 2.45) is 0 Å². The number of nitro benzene ring substituents is 1. The number of epoxide rings is 1. The van der Waals surface area contributed by atoms with E-state index in [1.165, 1.54) is 0 Å². The van der Waals surface area contributed by atoms with E-state index in [0.29, 0.717) is 0 Å². The smallest absolute Gasteiger partial charge is 0.297 e. The lowest BCUT2D eigenvalue weighted by molar-refractivity contribution is -0.384. The Morgan fingerprint density at radius 2 is 1.94 bits per heavy atom. The molecule has 0 spiro atoms. The van der Waals surface area contributed by atoms with Gasteiger partial charge in [0, 0.05) is 12.1 Å². The fourth-order valence-electron chi connectivity index (χ4n) is 1.36. The standard InChI is InChI=1S/C10H11NO6S/c1-7-10(17-7)6-16-18(14,15)9-4-2-8(3-5-9)11(12)13/h2-5,7,10H,6H2,1H3/t7-,10-/m1/s1. The summed E-state index contributed by atoms with van der Waals surface area (Å²) in [5, 5.41) is 10.4. The van der Waals surface area contributed by atoms with Crippen molar-refractivity contribution in [3.8, 4) is 0 Å². The van der Waals surface area contributed by atoms with Crippen LogP contribution in [0.3, 0.4) is 0 Å². The molecule has 0 unspecified atom stereocenters. The Labute approximate surface area is 104 Å². The number of nitrogens with zero attached hydrogens (tertiary/aromatic N) is 1. The molecule has 1 aromatic rings. The van der Waals surface area contributed by atoms with Gasteiger partial charge in [-0.05, 0) is 19.1 Å². The molecule has 8 heteroatoms. The highest BCUT2D eigenvalue weighted by atomic mass is 32.2. The second-order valence-corrected chi connectivity index (χ2v) is 5.48. The minimum absolute atomic E-state index is 0.0112. The van der Waals surface area contributed by atoms with Gasteiger partial charge in [0.2, 0.25) is 0 Å². The highest BCUT2D eigenvalue weighted by Crippen LogP contribution is 2.23. The van der Waals surface area contributed by atoms with E-state index in [1.807, 2.05) is 6.92 Å². The van der Waals surface area contributed by atoms with Gasteiger partial charge in [-0.25, -0.2) is 0 Å². The normalized spacial score (nSPS) is 22.7. The minimum atomic E-state index is -3.88. The quantitative estimate of drug-likeness (QED) is 0.344. The van der Waals surface area contributed by atoms with Crippen molar-refractivity contribution in [1.29, 1.82) is 0 Å². The molecule has 0 radical (unpaired) electrons. The summed E-state index contributed by atoms with van der Waals surface area (Å²) in [7, 11) is -3.88. The molecule has 98 valence electrons. The molecular formula is C10H11NO6S. The van der Waals surface area contributed by atoms with Crippen molar-refractivity contribution in [2.75, 3.05) is 6.61 Å². The summed E-state index contributed by atoms with van der Waals surface area (Å²) in [6.07, 6.45) is -0.185. The van der Waals surface area contributed by atoms with E-state index in [1.54, 1.807) is 0 Å². The van der Waals surface area contributed by atoms with E-state index in [-0.39, 0.29) is 29.4 Å². The lowest BCUT2D eigenvalue weighted by atomic mass is 10.3. The maximum atomic E-state index is 11.7. The van der Waals surface area contributed by atoms with Crippen LogP contribution in [0.2, 0.25) is 0 Å². The number of non-ortho nitro benzene ring substituents is 1. The minimum Gasteiger partial charge on any atom is -0.367 e. The third-order valence-corrected chi connectivity index (χ3v) is 3.86. The van der Waals surface area contributed by atoms with Crippen molar-refractivity contribution >= 4 is 15.8 Å². The molecule has 2 atom stereocenters. The topological polar surface area (TPSA) is 99.0 Å². The third-order valence-electron chi connectivity index (χ3n) is 2.56. The van der Waals surface area contributed by atoms with Gasteiger partial charge in [-0.15, -0.1) is 0 Å². The fraction of sp³-hybridized carbons (Fsp3) is 0.400. The monoisotopic (exact) mass is 273 g/mol. The first-order chi connectivity index (χ1) is 8.40. The number of nitro groups is 1. The van der Waals surface area contributed by atoms with Crippen molar-refractivity contribution in [2.45, 2.75) is 24.0 Å². The van der Waals surface area contributed by atoms with E-state index >= 15 is 0 Å². The van der Waals surface area contributed by atoms with Crippen molar-refractivity contribution < 1.29 is 22.3 Å².